The van der Waals surface area contributed by atoms with Crippen molar-refractivity contribution in [1.82, 2.24) is 0 Å². The van der Waals surface area contributed by atoms with E-state index >= 15 is 0 Å². The second-order valence-electron chi connectivity index (χ2n) is 6.92. The van der Waals surface area contributed by atoms with Crippen molar-refractivity contribution in [2.24, 2.45) is 11.3 Å². The summed E-state index contributed by atoms with van der Waals surface area (Å²) in [6, 6.07) is 9.94. The Labute approximate surface area is 122 Å². The van der Waals surface area contributed by atoms with Crippen molar-refractivity contribution in [2.75, 3.05) is 0 Å². The Morgan fingerprint density at radius 1 is 1.15 bits per heavy atom. The zero-order valence-electron chi connectivity index (χ0n) is 12.9. The number of rotatable bonds is 3. The van der Waals surface area contributed by atoms with Crippen LogP contribution in [-0.2, 0) is 11.3 Å². The summed E-state index contributed by atoms with van der Waals surface area (Å²) in [7, 11) is 0. The highest BCUT2D eigenvalue weighted by Gasteiger charge is 2.29. The molecule has 0 bridgehead atoms. The minimum Gasteiger partial charge on any atom is -0.373 e. The summed E-state index contributed by atoms with van der Waals surface area (Å²) in [5.41, 5.74) is 2.15. The largest absolute Gasteiger partial charge is 0.373 e. The van der Waals surface area contributed by atoms with E-state index in [9.17, 15) is 0 Å². The number of hydrogen-bond donors (Lipinski definition) is 0. The van der Waals surface area contributed by atoms with E-state index in [1.807, 2.05) is 24.3 Å². The molecule has 1 aromatic rings. The van der Waals surface area contributed by atoms with E-state index in [0.717, 1.165) is 29.9 Å². The molecular formula is C18H25NO. The van der Waals surface area contributed by atoms with Crippen LogP contribution in [0.15, 0.2) is 24.3 Å². The minimum absolute atomic E-state index is 0.361. The van der Waals surface area contributed by atoms with E-state index in [4.69, 9.17) is 10.00 Å². The van der Waals surface area contributed by atoms with E-state index in [1.54, 1.807) is 0 Å². The predicted molar refractivity (Wildman–Crippen MR) is 81.1 cm³/mol. The molecule has 1 aromatic carbocycles. The van der Waals surface area contributed by atoms with Crippen LogP contribution < -0.4 is 0 Å². The van der Waals surface area contributed by atoms with E-state index in [2.05, 4.69) is 26.8 Å². The Balaban J connectivity index is 1.84. The number of benzene rings is 1. The van der Waals surface area contributed by atoms with Crippen LogP contribution in [0.25, 0.3) is 0 Å². The summed E-state index contributed by atoms with van der Waals surface area (Å²) in [5, 5.41) is 9.07. The van der Waals surface area contributed by atoms with Gasteiger partial charge >= 0.3 is 0 Å². The van der Waals surface area contributed by atoms with Crippen molar-refractivity contribution in [3.05, 3.63) is 35.4 Å². The first-order valence-electron chi connectivity index (χ1n) is 7.60. The van der Waals surface area contributed by atoms with Gasteiger partial charge in [0.25, 0.3) is 0 Å². The summed E-state index contributed by atoms with van der Waals surface area (Å²) in [4.78, 5) is 0. The maximum Gasteiger partial charge on any atom is 0.0995 e. The van der Waals surface area contributed by atoms with Gasteiger partial charge in [0.1, 0.15) is 0 Å². The molecule has 1 aliphatic rings. The van der Waals surface area contributed by atoms with Crippen LogP contribution in [-0.4, -0.2) is 6.10 Å². The van der Waals surface area contributed by atoms with Gasteiger partial charge in [-0.25, -0.2) is 0 Å². The lowest BCUT2D eigenvalue weighted by Gasteiger charge is -2.36. The third kappa shape index (κ3) is 3.84. The Kier molecular flexibility index (Phi) is 4.83. The number of hydrogen-bond acceptors (Lipinski definition) is 2. The fraction of sp³-hybridized carbons (Fsp3) is 0.611. The lowest BCUT2D eigenvalue weighted by atomic mass is 9.72. The average Bonchev–Trinajstić information content (AvgIpc) is 2.45. The summed E-state index contributed by atoms with van der Waals surface area (Å²) < 4.78 is 6.02. The van der Waals surface area contributed by atoms with E-state index in [-0.39, 0.29) is 0 Å². The van der Waals surface area contributed by atoms with Gasteiger partial charge in [0.2, 0.25) is 0 Å². The number of nitriles is 1. The smallest absolute Gasteiger partial charge is 0.0995 e. The lowest BCUT2D eigenvalue weighted by Crippen LogP contribution is -2.29. The van der Waals surface area contributed by atoms with E-state index in [1.165, 1.54) is 12.8 Å². The van der Waals surface area contributed by atoms with Crippen LogP contribution in [0.1, 0.15) is 57.6 Å². The molecular weight excluding hydrogens is 246 g/mol. The molecule has 2 nitrogen and oxygen atoms in total. The van der Waals surface area contributed by atoms with Gasteiger partial charge < -0.3 is 4.74 Å². The number of ether oxygens (including phenoxy) is 1. The Morgan fingerprint density at radius 3 is 2.40 bits per heavy atom. The van der Waals surface area contributed by atoms with Crippen LogP contribution in [0.5, 0.6) is 0 Å². The zero-order chi connectivity index (χ0) is 14.6. The van der Waals surface area contributed by atoms with Crippen molar-refractivity contribution < 1.29 is 4.74 Å². The molecule has 2 heteroatoms. The molecule has 0 heterocycles. The first-order chi connectivity index (χ1) is 9.50. The Morgan fingerprint density at radius 2 is 1.80 bits per heavy atom. The average molecular weight is 271 g/mol. The normalized spacial score (nSPS) is 23.3. The van der Waals surface area contributed by atoms with Crippen molar-refractivity contribution in [2.45, 2.75) is 59.2 Å². The molecule has 0 unspecified atom stereocenters. The maximum atomic E-state index is 9.07. The van der Waals surface area contributed by atoms with Gasteiger partial charge in [0, 0.05) is 0 Å². The van der Waals surface area contributed by atoms with Crippen molar-refractivity contribution >= 4 is 0 Å². The molecule has 0 spiro atoms. The molecule has 2 rings (SSSR count). The van der Waals surface area contributed by atoms with Gasteiger partial charge in [-0.3, -0.25) is 0 Å². The van der Waals surface area contributed by atoms with Crippen LogP contribution in [0, 0.1) is 22.7 Å². The molecule has 108 valence electrons. The van der Waals surface area contributed by atoms with Crippen molar-refractivity contribution in [1.29, 1.82) is 5.26 Å². The third-order valence-corrected chi connectivity index (χ3v) is 4.51. The topological polar surface area (TPSA) is 33.0 Å². The maximum absolute atomic E-state index is 9.07. The third-order valence-electron chi connectivity index (χ3n) is 4.51. The molecule has 0 amide bonds. The van der Waals surface area contributed by atoms with Crippen LogP contribution in [0.4, 0.5) is 0 Å². The zero-order valence-corrected chi connectivity index (χ0v) is 12.9. The van der Waals surface area contributed by atoms with E-state index < -0.39 is 0 Å². The Bertz CT molecular complexity index is 473. The summed E-state index contributed by atoms with van der Waals surface area (Å²) in [5.74, 6) is 0.814. The minimum atomic E-state index is 0.361. The van der Waals surface area contributed by atoms with Crippen LogP contribution in [0.2, 0.25) is 0 Å². The molecule has 0 aliphatic heterocycles. The predicted octanol–water partition coefficient (Wildman–Crippen LogP) is 4.68. The van der Waals surface area contributed by atoms with Gasteiger partial charge in [-0.1, -0.05) is 39.0 Å². The summed E-state index contributed by atoms with van der Waals surface area (Å²) >= 11 is 0. The second-order valence-corrected chi connectivity index (χ2v) is 6.92. The van der Waals surface area contributed by atoms with Crippen molar-refractivity contribution in [3.8, 4) is 6.07 Å². The highest BCUT2D eigenvalue weighted by molar-refractivity contribution is 5.36. The second kappa shape index (κ2) is 6.41. The highest BCUT2D eigenvalue weighted by Crippen LogP contribution is 2.38. The van der Waals surface area contributed by atoms with Gasteiger partial charge in [0.15, 0.2) is 0 Å². The molecule has 0 radical (unpaired) electrons. The Hall–Kier alpha value is -1.33. The summed E-state index contributed by atoms with van der Waals surface area (Å²) in [6.45, 7) is 7.57. The fourth-order valence-electron chi connectivity index (χ4n) is 3.06. The van der Waals surface area contributed by atoms with Gasteiger partial charge in [-0.15, -0.1) is 0 Å². The van der Waals surface area contributed by atoms with E-state index in [0.29, 0.717) is 18.1 Å². The monoisotopic (exact) mass is 271 g/mol. The molecule has 0 saturated heterocycles. The fourth-order valence-corrected chi connectivity index (χ4v) is 3.06. The van der Waals surface area contributed by atoms with Gasteiger partial charge in [-0.05, 0) is 48.6 Å². The molecule has 20 heavy (non-hydrogen) atoms. The summed E-state index contributed by atoms with van der Waals surface area (Å²) in [6.07, 6.45) is 5.18. The van der Waals surface area contributed by atoms with Gasteiger partial charge in [-0.2, -0.15) is 5.26 Å². The van der Waals surface area contributed by atoms with Crippen LogP contribution >= 0.6 is 0 Å². The van der Waals surface area contributed by atoms with Crippen LogP contribution in [0.3, 0.4) is 0 Å². The highest BCUT2D eigenvalue weighted by atomic mass is 16.5. The SMILES string of the molecule is CC(C)(C)C1CCC(OCc2ccccc2C#N)CC1. The lowest BCUT2D eigenvalue weighted by molar-refractivity contribution is -0.00588. The molecule has 0 atom stereocenters. The molecule has 1 fully saturated rings. The molecule has 0 aromatic heterocycles. The number of nitrogens with zero attached hydrogens (tertiary/aromatic N) is 1. The standard InChI is InChI=1S/C18H25NO/c1-18(2,3)16-8-10-17(11-9-16)20-13-15-7-5-4-6-14(15)12-19/h4-7,16-17H,8-11,13H2,1-3H3. The first-order valence-corrected chi connectivity index (χ1v) is 7.60. The molecule has 0 N–H and O–H groups in total. The quantitative estimate of drug-likeness (QED) is 0.799. The van der Waals surface area contributed by atoms with Gasteiger partial charge in [0.05, 0.1) is 24.3 Å². The first kappa shape index (κ1) is 15.1. The molecule has 1 saturated carbocycles. The van der Waals surface area contributed by atoms with Crippen molar-refractivity contribution in [3.63, 3.8) is 0 Å². The molecule has 1 aliphatic carbocycles.